The summed E-state index contributed by atoms with van der Waals surface area (Å²) in [6, 6.07) is 6.73. The minimum Gasteiger partial charge on any atom is -0.396 e. The average Bonchev–Trinajstić information content (AvgIpc) is 2.58. The Kier molecular flexibility index (Phi) is 2.36. The van der Waals surface area contributed by atoms with Gasteiger partial charge in [-0.25, -0.2) is 0 Å². The fourth-order valence-corrected chi connectivity index (χ4v) is 2.11. The highest BCUT2D eigenvalue weighted by Gasteiger charge is 2.20. The second kappa shape index (κ2) is 3.51. The van der Waals surface area contributed by atoms with Crippen LogP contribution in [0.15, 0.2) is 18.2 Å². The smallest absolute Gasteiger partial charge is 0.0465 e. The highest BCUT2D eigenvalue weighted by Crippen LogP contribution is 2.27. The van der Waals surface area contributed by atoms with Gasteiger partial charge in [0, 0.05) is 6.61 Å². The Morgan fingerprint density at radius 1 is 1.31 bits per heavy atom. The van der Waals surface area contributed by atoms with Crippen LogP contribution in [0.2, 0.25) is 0 Å². The van der Waals surface area contributed by atoms with Crippen molar-refractivity contribution in [3.05, 3.63) is 34.9 Å². The van der Waals surface area contributed by atoms with Crippen LogP contribution in [0.1, 0.15) is 23.6 Å². The molecule has 1 atom stereocenters. The van der Waals surface area contributed by atoms with E-state index in [1.807, 2.05) is 0 Å². The molecule has 0 spiro atoms. The maximum atomic E-state index is 9.06. The molecule has 1 aliphatic rings. The normalized spacial score (nSPS) is 20.3. The largest absolute Gasteiger partial charge is 0.396 e. The number of hydrogen-bond donors (Lipinski definition) is 1. The van der Waals surface area contributed by atoms with Crippen LogP contribution in [0.4, 0.5) is 0 Å². The van der Waals surface area contributed by atoms with Gasteiger partial charge in [-0.1, -0.05) is 25.1 Å². The SMILES string of the molecule is CCc1ccc2c(c1)C[C@H](CO)C2. The Morgan fingerprint density at radius 3 is 2.77 bits per heavy atom. The van der Waals surface area contributed by atoms with Crippen molar-refractivity contribution in [2.75, 3.05) is 6.61 Å². The molecular formula is C12H16O. The maximum absolute atomic E-state index is 9.06. The molecule has 1 aromatic carbocycles. The lowest BCUT2D eigenvalue weighted by molar-refractivity contribution is 0.232. The maximum Gasteiger partial charge on any atom is 0.0465 e. The quantitative estimate of drug-likeness (QED) is 0.730. The number of fused-ring (bicyclic) bond motifs is 1. The summed E-state index contributed by atoms with van der Waals surface area (Å²) in [7, 11) is 0. The Morgan fingerprint density at radius 2 is 2.08 bits per heavy atom. The van der Waals surface area contributed by atoms with E-state index in [1.54, 1.807) is 0 Å². The van der Waals surface area contributed by atoms with Crippen molar-refractivity contribution in [1.82, 2.24) is 0 Å². The molecule has 70 valence electrons. The van der Waals surface area contributed by atoms with E-state index in [4.69, 9.17) is 5.11 Å². The Labute approximate surface area is 79.4 Å². The summed E-state index contributed by atoms with van der Waals surface area (Å²) >= 11 is 0. The molecule has 1 N–H and O–H groups in total. The molecule has 0 bridgehead atoms. The van der Waals surface area contributed by atoms with Crippen molar-refractivity contribution in [1.29, 1.82) is 0 Å². The number of aryl methyl sites for hydroxylation is 1. The highest BCUT2D eigenvalue weighted by molar-refractivity contribution is 5.36. The van der Waals surface area contributed by atoms with E-state index in [9.17, 15) is 0 Å². The lowest BCUT2D eigenvalue weighted by Crippen LogP contribution is -2.04. The van der Waals surface area contributed by atoms with E-state index >= 15 is 0 Å². The van der Waals surface area contributed by atoms with Crippen molar-refractivity contribution in [2.45, 2.75) is 26.2 Å². The molecule has 0 radical (unpaired) electrons. The van der Waals surface area contributed by atoms with E-state index in [0.29, 0.717) is 12.5 Å². The summed E-state index contributed by atoms with van der Waals surface area (Å²) in [5, 5.41) is 9.06. The van der Waals surface area contributed by atoms with Crippen molar-refractivity contribution in [3.8, 4) is 0 Å². The first kappa shape index (κ1) is 8.76. The van der Waals surface area contributed by atoms with Crippen LogP contribution in [-0.2, 0) is 19.3 Å². The van der Waals surface area contributed by atoms with Crippen LogP contribution in [0.25, 0.3) is 0 Å². The first-order valence-electron chi connectivity index (χ1n) is 5.05. The molecule has 0 fully saturated rings. The zero-order valence-corrected chi connectivity index (χ0v) is 8.09. The average molecular weight is 176 g/mol. The van der Waals surface area contributed by atoms with Gasteiger partial charge in [-0.3, -0.25) is 0 Å². The minimum atomic E-state index is 0.330. The van der Waals surface area contributed by atoms with Gasteiger partial charge in [0.05, 0.1) is 0 Å². The molecule has 1 aliphatic carbocycles. The van der Waals surface area contributed by atoms with Crippen LogP contribution < -0.4 is 0 Å². The van der Waals surface area contributed by atoms with Crippen molar-refractivity contribution in [3.63, 3.8) is 0 Å². The van der Waals surface area contributed by atoms with Gasteiger partial charge in [0.25, 0.3) is 0 Å². The third-order valence-corrected chi connectivity index (χ3v) is 2.95. The van der Waals surface area contributed by atoms with Gasteiger partial charge in [0.15, 0.2) is 0 Å². The minimum absolute atomic E-state index is 0.330. The zero-order valence-electron chi connectivity index (χ0n) is 8.09. The zero-order chi connectivity index (χ0) is 9.26. The summed E-state index contributed by atoms with van der Waals surface area (Å²) < 4.78 is 0. The monoisotopic (exact) mass is 176 g/mol. The predicted molar refractivity (Wildman–Crippen MR) is 53.8 cm³/mol. The Balaban J connectivity index is 2.25. The van der Waals surface area contributed by atoms with Crippen molar-refractivity contribution < 1.29 is 5.11 Å². The van der Waals surface area contributed by atoms with Gasteiger partial charge in [0.2, 0.25) is 0 Å². The van der Waals surface area contributed by atoms with E-state index in [-0.39, 0.29) is 0 Å². The number of aliphatic hydroxyl groups is 1. The summed E-state index contributed by atoms with van der Waals surface area (Å²) in [6.07, 6.45) is 3.24. The molecule has 0 aromatic heterocycles. The molecule has 0 amide bonds. The van der Waals surface area contributed by atoms with Crippen LogP contribution >= 0.6 is 0 Å². The van der Waals surface area contributed by atoms with Crippen molar-refractivity contribution >= 4 is 0 Å². The molecule has 0 unspecified atom stereocenters. The van der Waals surface area contributed by atoms with Gasteiger partial charge < -0.3 is 5.11 Å². The predicted octanol–water partition coefficient (Wildman–Crippen LogP) is 1.96. The molecule has 13 heavy (non-hydrogen) atoms. The van der Waals surface area contributed by atoms with Crippen LogP contribution in [0, 0.1) is 5.92 Å². The fourth-order valence-electron chi connectivity index (χ4n) is 2.11. The van der Waals surface area contributed by atoms with Gasteiger partial charge in [0.1, 0.15) is 0 Å². The summed E-state index contributed by atoms with van der Waals surface area (Å²) in [4.78, 5) is 0. The van der Waals surface area contributed by atoms with Gasteiger partial charge in [-0.05, 0) is 41.9 Å². The Hall–Kier alpha value is -0.820. The number of hydrogen-bond acceptors (Lipinski definition) is 1. The molecular weight excluding hydrogens is 160 g/mol. The van der Waals surface area contributed by atoms with E-state index in [1.165, 1.54) is 16.7 Å². The van der Waals surface area contributed by atoms with Crippen LogP contribution in [0.3, 0.4) is 0 Å². The molecule has 0 aliphatic heterocycles. The first-order valence-corrected chi connectivity index (χ1v) is 5.05. The third-order valence-electron chi connectivity index (χ3n) is 2.95. The fraction of sp³-hybridized carbons (Fsp3) is 0.500. The number of rotatable bonds is 2. The van der Waals surface area contributed by atoms with E-state index in [0.717, 1.165) is 19.3 Å². The van der Waals surface area contributed by atoms with Crippen LogP contribution in [-0.4, -0.2) is 11.7 Å². The topological polar surface area (TPSA) is 20.2 Å². The number of aliphatic hydroxyl groups excluding tert-OH is 1. The lowest BCUT2D eigenvalue weighted by atomic mass is 10.1. The van der Waals surface area contributed by atoms with Crippen LogP contribution in [0.5, 0.6) is 0 Å². The van der Waals surface area contributed by atoms with Gasteiger partial charge in [-0.15, -0.1) is 0 Å². The first-order chi connectivity index (χ1) is 6.33. The van der Waals surface area contributed by atoms with E-state index < -0.39 is 0 Å². The molecule has 1 heteroatoms. The molecule has 2 rings (SSSR count). The molecule has 1 aromatic rings. The second-order valence-electron chi connectivity index (χ2n) is 3.91. The van der Waals surface area contributed by atoms with E-state index in [2.05, 4.69) is 25.1 Å². The Bertz CT molecular complexity index is 304. The molecule has 0 heterocycles. The summed E-state index contributed by atoms with van der Waals surface area (Å²) in [5.41, 5.74) is 4.31. The summed E-state index contributed by atoms with van der Waals surface area (Å²) in [5.74, 6) is 0.474. The molecule has 0 saturated heterocycles. The third kappa shape index (κ3) is 1.61. The van der Waals surface area contributed by atoms with Gasteiger partial charge >= 0.3 is 0 Å². The van der Waals surface area contributed by atoms with Gasteiger partial charge in [-0.2, -0.15) is 0 Å². The highest BCUT2D eigenvalue weighted by atomic mass is 16.3. The second-order valence-corrected chi connectivity index (χ2v) is 3.91. The summed E-state index contributed by atoms with van der Waals surface area (Å²) in [6.45, 7) is 2.51. The number of benzene rings is 1. The van der Waals surface area contributed by atoms with Crippen molar-refractivity contribution in [2.24, 2.45) is 5.92 Å². The lowest BCUT2D eigenvalue weighted by Gasteiger charge is -2.01. The molecule has 1 nitrogen and oxygen atoms in total. The molecule has 0 saturated carbocycles. The standard InChI is InChI=1S/C12H16O/c1-2-9-3-4-11-6-10(8-13)7-12(11)5-9/h3-5,10,13H,2,6-8H2,1H3/t10-/m1/s1.